The highest BCUT2D eigenvalue weighted by Gasteiger charge is 2.30. The minimum absolute atomic E-state index is 0.0683. The number of benzene rings is 2. The summed E-state index contributed by atoms with van der Waals surface area (Å²) >= 11 is 0. The summed E-state index contributed by atoms with van der Waals surface area (Å²) in [4.78, 5) is 33.5. The summed E-state index contributed by atoms with van der Waals surface area (Å²) in [5, 5.41) is 28.4. The van der Waals surface area contributed by atoms with Crippen LogP contribution >= 0.6 is 0 Å². The second-order valence-electron chi connectivity index (χ2n) is 6.95. The fourth-order valence-corrected chi connectivity index (χ4v) is 3.00. The molecule has 3 aromatic rings. The quantitative estimate of drug-likeness (QED) is 0.350. The summed E-state index contributed by atoms with van der Waals surface area (Å²) in [7, 11) is 0. The van der Waals surface area contributed by atoms with E-state index >= 15 is 0 Å². The number of anilines is 1. The zero-order chi connectivity index (χ0) is 25.0. The van der Waals surface area contributed by atoms with Crippen molar-refractivity contribution in [3.05, 3.63) is 80.7 Å². The highest BCUT2D eigenvalue weighted by Crippen LogP contribution is 2.34. The molecule has 34 heavy (non-hydrogen) atoms. The molecule has 178 valence electrons. The molecule has 3 rings (SSSR count). The van der Waals surface area contributed by atoms with Crippen molar-refractivity contribution >= 4 is 23.0 Å². The molecule has 0 saturated carbocycles. The van der Waals surface area contributed by atoms with Crippen LogP contribution < -0.4 is 10.1 Å². The number of alkyl halides is 3. The molecular formula is C20H16F3N5O6. The number of nitrogens with one attached hydrogen (secondary N) is 1. The van der Waals surface area contributed by atoms with Crippen LogP contribution in [0.3, 0.4) is 0 Å². The van der Waals surface area contributed by atoms with E-state index in [1.165, 1.54) is 12.1 Å². The van der Waals surface area contributed by atoms with E-state index in [0.29, 0.717) is 0 Å². The number of halogens is 3. The number of hydrogen-bond donors (Lipinski definition) is 1. The van der Waals surface area contributed by atoms with Gasteiger partial charge in [0.15, 0.2) is 0 Å². The van der Waals surface area contributed by atoms with E-state index in [-0.39, 0.29) is 29.3 Å². The fraction of sp³-hybridized carbons (Fsp3) is 0.200. The molecule has 0 aliphatic heterocycles. The molecule has 0 bridgehead atoms. The summed E-state index contributed by atoms with van der Waals surface area (Å²) in [6.45, 7) is 1.63. The van der Waals surface area contributed by atoms with Crippen molar-refractivity contribution in [2.45, 2.75) is 25.6 Å². The Morgan fingerprint density at radius 1 is 1.12 bits per heavy atom. The molecule has 1 N–H and O–H groups in total. The molecular weight excluding hydrogens is 463 g/mol. The Morgan fingerprint density at radius 2 is 1.82 bits per heavy atom. The average molecular weight is 479 g/mol. The topological polar surface area (TPSA) is 142 Å². The number of nitro benzene ring substituents is 1. The summed E-state index contributed by atoms with van der Waals surface area (Å²) < 4.78 is 45.3. The van der Waals surface area contributed by atoms with Crippen molar-refractivity contribution in [2.75, 3.05) is 5.32 Å². The number of nitrogens with zero attached hydrogens (tertiary/aromatic N) is 4. The molecule has 0 radical (unpaired) electrons. The van der Waals surface area contributed by atoms with Gasteiger partial charge in [-0.15, -0.1) is 0 Å². The Kier molecular flexibility index (Phi) is 6.79. The number of hydrogen-bond acceptors (Lipinski definition) is 7. The fourth-order valence-electron chi connectivity index (χ4n) is 3.00. The summed E-state index contributed by atoms with van der Waals surface area (Å²) in [5.41, 5.74) is -1.84. The molecule has 0 spiro atoms. The van der Waals surface area contributed by atoms with Gasteiger partial charge in [-0.05, 0) is 24.6 Å². The summed E-state index contributed by atoms with van der Waals surface area (Å²) in [6.07, 6.45) is -2.38. The third-order valence-corrected chi connectivity index (χ3v) is 4.57. The van der Waals surface area contributed by atoms with Crippen molar-refractivity contribution in [3.8, 4) is 11.5 Å². The SMILES string of the molecule is CCC(C(=O)Nc1cc(Oc2cccc(C(F)(F)F)c2)cc([N+](=O)[O-])c1)n1cc([N+](=O)[O-])cn1. The summed E-state index contributed by atoms with van der Waals surface area (Å²) in [5.74, 6) is -1.08. The monoisotopic (exact) mass is 479 g/mol. The zero-order valence-corrected chi connectivity index (χ0v) is 17.4. The van der Waals surface area contributed by atoms with E-state index in [1.807, 2.05) is 0 Å². The van der Waals surface area contributed by atoms with Crippen LogP contribution in [0.5, 0.6) is 11.5 Å². The molecule has 0 fully saturated rings. The van der Waals surface area contributed by atoms with E-state index in [2.05, 4.69) is 10.4 Å². The molecule has 2 aromatic carbocycles. The normalized spacial score (nSPS) is 12.1. The maximum Gasteiger partial charge on any atom is 0.416 e. The van der Waals surface area contributed by atoms with Crippen LogP contribution in [0.25, 0.3) is 0 Å². The summed E-state index contributed by atoms with van der Waals surface area (Å²) in [6, 6.07) is 6.19. The van der Waals surface area contributed by atoms with Gasteiger partial charge in [0.2, 0.25) is 5.91 Å². The number of amides is 1. The van der Waals surface area contributed by atoms with Crippen LogP contribution in [0, 0.1) is 20.2 Å². The van der Waals surface area contributed by atoms with Gasteiger partial charge in [-0.2, -0.15) is 18.3 Å². The third kappa shape index (κ3) is 5.65. The predicted octanol–water partition coefficient (Wildman–Crippen LogP) is 5.10. The van der Waals surface area contributed by atoms with Crippen molar-refractivity contribution in [2.24, 2.45) is 0 Å². The first kappa shape index (κ1) is 24.2. The largest absolute Gasteiger partial charge is 0.457 e. The third-order valence-electron chi connectivity index (χ3n) is 4.57. The van der Waals surface area contributed by atoms with Crippen molar-refractivity contribution in [3.63, 3.8) is 0 Å². The average Bonchev–Trinajstić information content (AvgIpc) is 3.24. The van der Waals surface area contributed by atoms with Gasteiger partial charge in [-0.1, -0.05) is 13.0 Å². The lowest BCUT2D eigenvalue weighted by Gasteiger charge is -2.16. The van der Waals surface area contributed by atoms with Crippen molar-refractivity contribution in [1.29, 1.82) is 0 Å². The Balaban J connectivity index is 1.87. The molecule has 0 saturated heterocycles. The molecule has 1 unspecified atom stereocenters. The van der Waals surface area contributed by atoms with Crippen LogP contribution in [0.2, 0.25) is 0 Å². The zero-order valence-electron chi connectivity index (χ0n) is 17.4. The molecule has 0 aliphatic rings. The van der Waals surface area contributed by atoms with Gasteiger partial charge in [0.05, 0.1) is 27.2 Å². The van der Waals surface area contributed by atoms with E-state index < -0.39 is 39.2 Å². The standard InChI is InChI=1S/C20H16F3N5O6/c1-2-18(26-11-15(10-24-26)28(32)33)19(29)25-13-7-14(27(30)31)9-17(8-13)34-16-5-3-4-12(6-16)20(21,22)23/h3-11,18H,2H2,1H3,(H,25,29). The number of nitro groups is 2. The highest BCUT2D eigenvalue weighted by atomic mass is 19.4. The number of ether oxygens (including phenoxy) is 1. The van der Waals surface area contributed by atoms with E-state index in [9.17, 15) is 38.2 Å². The van der Waals surface area contributed by atoms with E-state index in [1.54, 1.807) is 6.92 Å². The molecule has 1 amide bonds. The van der Waals surface area contributed by atoms with Crippen LogP contribution in [-0.4, -0.2) is 25.5 Å². The first-order chi connectivity index (χ1) is 16.0. The molecule has 14 heteroatoms. The van der Waals surface area contributed by atoms with Gasteiger partial charge in [-0.25, -0.2) is 0 Å². The highest BCUT2D eigenvalue weighted by molar-refractivity contribution is 5.94. The second-order valence-corrected chi connectivity index (χ2v) is 6.95. The van der Waals surface area contributed by atoms with Gasteiger partial charge in [-0.3, -0.25) is 29.7 Å². The number of carbonyl (C=O) groups is 1. The van der Waals surface area contributed by atoms with Crippen LogP contribution in [0.15, 0.2) is 54.9 Å². The smallest absolute Gasteiger partial charge is 0.416 e. The first-order valence-electron chi connectivity index (χ1n) is 9.62. The lowest BCUT2D eigenvalue weighted by atomic mass is 10.2. The van der Waals surface area contributed by atoms with Crippen LogP contribution in [0.4, 0.5) is 30.2 Å². The van der Waals surface area contributed by atoms with E-state index in [0.717, 1.165) is 47.4 Å². The molecule has 11 nitrogen and oxygen atoms in total. The predicted molar refractivity (Wildman–Crippen MR) is 111 cm³/mol. The minimum Gasteiger partial charge on any atom is -0.457 e. The molecule has 0 aliphatic carbocycles. The lowest BCUT2D eigenvalue weighted by molar-refractivity contribution is -0.385. The second kappa shape index (κ2) is 9.56. The Hall–Kier alpha value is -4.49. The van der Waals surface area contributed by atoms with E-state index in [4.69, 9.17) is 4.74 Å². The number of rotatable bonds is 8. The lowest BCUT2D eigenvalue weighted by Crippen LogP contribution is -2.26. The number of carbonyl (C=O) groups excluding carboxylic acids is 1. The minimum atomic E-state index is -4.61. The van der Waals surface area contributed by atoms with Gasteiger partial charge in [0, 0.05) is 12.1 Å². The van der Waals surface area contributed by atoms with Gasteiger partial charge in [0.25, 0.3) is 5.69 Å². The van der Waals surface area contributed by atoms with Crippen molar-refractivity contribution in [1.82, 2.24) is 9.78 Å². The van der Waals surface area contributed by atoms with Gasteiger partial charge < -0.3 is 10.1 Å². The maximum absolute atomic E-state index is 12.9. The molecule has 1 heterocycles. The number of aromatic nitrogens is 2. The molecule has 1 aromatic heterocycles. The van der Waals surface area contributed by atoms with Gasteiger partial charge in [0.1, 0.15) is 29.9 Å². The van der Waals surface area contributed by atoms with Crippen molar-refractivity contribution < 1.29 is 32.5 Å². The molecule has 1 atom stereocenters. The van der Waals surface area contributed by atoms with Crippen LogP contribution in [0.1, 0.15) is 24.9 Å². The Morgan fingerprint density at radius 3 is 2.41 bits per heavy atom. The van der Waals surface area contributed by atoms with Crippen LogP contribution in [-0.2, 0) is 11.0 Å². The van der Waals surface area contributed by atoms with Gasteiger partial charge >= 0.3 is 11.9 Å². The first-order valence-corrected chi connectivity index (χ1v) is 9.62. The maximum atomic E-state index is 12.9. The Bertz CT molecular complexity index is 1240. The number of non-ortho nitro benzene ring substituents is 1. The Labute approximate surface area is 189 Å².